The molecule has 1 aliphatic carbocycles. The van der Waals surface area contributed by atoms with Crippen LogP contribution in [0.3, 0.4) is 0 Å². The maximum atomic E-state index is 13.9. The van der Waals surface area contributed by atoms with E-state index in [1.807, 2.05) is 0 Å². The number of halogens is 2. The minimum atomic E-state index is -0.437. The summed E-state index contributed by atoms with van der Waals surface area (Å²) in [6.45, 7) is 0. The van der Waals surface area contributed by atoms with E-state index >= 15 is 0 Å². The van der Waals surface area contributed by atoms with Crippen LogP contribution in [0.5, 0.6) is 0 Å². The van der Waals surface area contributed by atoms with Gasteiger partial charge in [-0.2, -0.15) is 0 Å². The Hall–Kier alpha value is -1.14. The van der Waals surface area contributed by atoms with Gasteiger partial charge in [0.15, 0.2) is 0 Å². The maximum Gasteiger partial charge on any atom is 0.324 e. The number of hydrogen-bond acceptors (Lipinski definition) is 2. The van der Waals surface area contributed by atoms with E-state index in [1.54, 1.807) is 31.1 Å². The normalized spacial score (nSPS) is 22.0. The lowest BCUT2D eigenvalue weighted by atomic mass is 9.92. The highest BCUT2D eigenvalue weighted by Crippen LogP contribution is 2.26. The second-order valence-electron chi connectivity index (χ2n) is 5.51. The Balaban J connectivity index is 2.07. The van der Waals surface area contributed by atoms with Gasteiger partial charge in [0.05, 0.1) is 11.8 Å². The molecule has 4 nitrogen and oxygen atoms in total. The van der Waals surface area contributed by atoms with Crippen molar-refractivity contribution < 1.29 is 14.3 Å². The number of rotatable bonds is 2. The second kappa shape index (κ2) is 6.75. The zero-order valence-electron chi connectivity index (χ0n) is 12.2. The molecule has 0 radical (unpaired) electrons. The third-order valence-corrected chi connectivity index (χ3v) is 4.57. The van der Waals surface area contributed by atoms with Gasteiger partial charge in [0.25, 0.3) is 0 Å². The van der Waals surface area contributed by atoms with E-state index in [1.165, 1.54) is 11.0 Å². The first-order valence-corrected chi connectivity index (χ1v) is 7.83. The fourth-order valence-electron chi connectivity index (χ4n) is 2.69. The Morgan fingerprint density at radius 3 is 2.48 bits per heavy atom. The lowest BCUT2D eigenvalue weighted by Crippen LogP contribution is -2.46. The minimum Gasteiger partial charge on any atom is -0.393 e. The van der Waals surface area contributed by atoms with Crippen LogP contribution in [-0.2, 0) is 0 Å². The van der Waals surface area contributed by atoms with Crippen molar-refractivity contribution in [2.45, 2.75) is 37.8 Å². The summed E-state index contributed by atoms with van der Waals surface area (Å²) in [5.74, 6) is -0.437. The first kappa shape index (κ1) is 16.2. The summed E-state index contributed by atoms with van der Waals surface area (Å²) in [6, 6.07) is 4.49. The van der Waals surface area contributed by atoms with Crippen LogP contribution in [0.2, 0.25) is 0 Å². The number of carbonyl (C=O) groups excluding carboxylic acids is 1. The predicted molar refractivity (Wildman–Crippen MR) is 83.9 cm³/mol. The molecule has 1 N–H and O–H groups in total. The molecular weight excluding hydrogens is 339 g/mol. The van der Waals surface area contributed by atoms with Gasteiger partial charge < -0.3 is 10.0 Å². The Morgan fingerprint density at radius 2 is 1.90 bits per heavy atom. The Morgan fingerprint density at radius 1 is 1.29 bits per heavy atom. The van der Waals surface area contributed by atoms with Crippen molar-refractivity contribution in [1.82, 2.24) is 4.90 Å². The molecule has 1 aromatic rings. The SMILES string of the molecule is CN(C(=O)N(C)C1CCC(O)CC1)c1ccc(Br)cc1F. The number of benzene rings is 1. The van der Waals surface area contributed by atoms with Gasteiger partial charge >= 0.3 is 6.03 Å². The van der Waals surface area contributed by atoms with Gasteiger partial charge in [0, 0.05) is 24.6 Å². The number of carbonyl (C=O) groups is 1. The first-order valence-electron chi connectivity index (χ1n) is 7.03. The van der Waals surface area contributed by atoms with Gasteiger partial charge in [0.1, 0.15) is 5.82 Å². The third kappa shape index (κ3) is 3.74. The lowest BCUT2D eigenvalue weighted by Gasteiger charge is -2.35. The first-order chi connectivity index (χ1) is 9.90. The number of anilines is 1. The van der Waals surface area contributed by atoms with E-state index in [0.29, 0.717) is 17.3 Å². The van der Waals surface area contributed by atoms with E-state index in [4.69, 9.17) is 0 Å². The van der Waals surface area contributed by atoms with E-state index in [-0.39, 0.29) is 23.9 Å². The van der Waals surface area contributed by atoms with Gasteiger partial charge in [-0.25, -0.2) is 9.18 Å². The summed E-state index contributed by atoms with van der Waals surface area (Å²) >= 11 is 3.20. The van der Waals surface area contributed by atoms with E-state index in [9.17, 15) is 14.3 Å². The molecule has 0 saturated heterocycles. The monoisotopic (exact) mass is 358 g/mol. The highest BCUT2D eigenvalue weighted by atomic mass is 79.9. The zero-order valence-corrected chi connectivity index (χ0v) is 13.8. The fraction of sp³-hybridized carbons (Fsp3) is 0.533. The molecule has 2 rings (SSSR count). The number of nitrogens with zero attached hydrogens (tertiary/aromatic N) is 2. The van der Waals surface area contributed by atoms with Crippen LogP contribution in [0, 0.1) is 5.82 Å². The molecular formula is C15H20BrFN2O2. The zero-order chi connectivity index (χ0) is 15.6. The Bertz CT molecular complexity index is 518. The average molecular weight is 359 g/mol. The van der Waals surface area contributed by atoms with Crippen molar-refractivity contribution in [2.24, 2.45) is 0 Å². The Kier molecular flexibility index (Phi) is 5.22. The van der Waals surface area contributed by atoms with Gasteiger partial charge in [0.2, 0.25) is 0 Å². The predicted octanol–water partition coefficient (Wildman–Crippen LogP) is 3.38. The molecule has 0 aromatic heterocycles. The maximum absolute atomic E-state index is 13.9. The van der Waals surface area contributed by atoms with Gasteiger partial charge in [-0.1, -0.05) is 15.9 Å². The number of hydrogen-bond donors (Lipinski definition) is 1. The lowest BCUT2D eigenvalue weighted by molar-refractivity contribution is 0.0933. The summed E-state index contributed by atoms with van der Waals surface area (Å²) in [5, 5.41) is 9.53. The summed E-state index contributed by atoms with van der Waals surface area (Å²) in [7, 11) is 3.31. The summed E-state index contributed by atoms with van der Waals surface area (Å²) < 4.78 is 14.6. The van der Waals surface area contributed by atoms with Crippen LogP contribution in [-0.4, -0.2) is 42.3 Å². The summed E-state index contributed by atoms with van der Waals surface area (Å²) in [4.78, 5) is 15.4. The standard InChI is InChI=1S/C15H20BrFN2O2/c1-18(11-4-6-12(20)7-5-11)15(21)19(2)14-8-3-10(16)9-13(14)17/h3,8-9,11-12,20H,4-7H2,1-2H3. The van der Waals surface area contributed by atoms with E-state index in [2.05, 4.69) is 15.9 Å². The van der Waals surface area contributed by atoms with Crippen LogP contribution < -0.4 is 4.90 Å². The molecule has 21 heavy (non-hydrogen) atoms. The highest BCUT2D eigenvalue weighted by molar-refractivity contribution is 9.10. The molecule has 1 aromatic carbocycles. The number of aliphatic hydroxyl groups excluding tert-OH is 1. The topological polar surface area (TPSA) is 43.8 Å². The minimum absolute atomic E-state index is 0.0989. The van der Waals surface area contributed by atoms with Crippen molar-refractivity contribution >= 4 is 27.6 Å². The highest BCUT2D eigenvalue weighted by Gasteiger charge is 2.28. The summed E-state index contributed by atoms with van der Waals surface area (Å²) in [5.41, 5.74) is 0.255. The van der Waals surface area contributed by atoms with Crippen molar-refractivity contribution in [1.29, 1.82) is 0 Å². The molecule has 116 valence electrons. The molecule has 1 saturated carbocycles. The molecule has 6 heteroatoms. The molecule has 0 heterocycles. The number of aliphatic hydroxyl groups is 1. The smallest absolute Gasteiger partial charge is 0.324 e. The van der Waals surface area contributed by atoms with Crippen LogP contribution in [0.1, 0.15) is 25.7 Å². The molecule has 2 amide bonds. The van der Waals surface area contributed by atoms with Crippen molar-refractivity contribution in [3.8, 4) is 0 Å². The van der Waals surface area contributed by atoms with E-state index in [0.717, 1.165) is 12.8 Å². The van der Waals surface area contributed by atoms with Gasteiger partial charge in [-0.15, -0.1) is 0 Å². The average Bonchev–Trinajstić information content (AvgIpc) is 2.46. The molecule has 0 bridgehead atoms. The van der Waals surface area contributed by atoms with Crippen molar-refractivity contribution in [3.05, 3.63) is 28.5 Å². The van der Waals surface area contributed by atoms with Crippen LogP contribution in [0.15, 0.2) is 22.7 Å². The quantitative estimate of drug-likeness (QED) is 0.880. The molecule has 0 spiro atoms. The molecule has 0 aliphatic heterocycles. The third-order valence-electron chi connectivity index (χ3n) is 4.07. The molecule has 0 unspecified atom stereocenters. The largest absolute Gasteiger partial charge is 0.393 e. The molecule has 1 fully saturated rings. The fourth-order valence-corrected chi connectivity index (χ4v) is 3.03. The van der Waals surface area contributed by atoms with Crippen molar-refractivity contribution in [3.63, 3.8) is 0 Å². The molecule has 1 aliphatic rings. The Labute approximate surface area is 132 Å². The van der Waals surface area contributed by atoms with Gasteiger partial charge in [-0.05, 0) is 43.9 Å². The van der Waals surface area contributed by atoms with Gasteiger partial charge in [-0.3, -0.25) is 4.90 Å². The van der Waals surface area contributed by atoms with Crippen molar-refractivity contribution in [2.75, 3.05) is 19.0 Å². The van der Waals surface area contributed by atoms with Crippen LogP contribution >= 0.6 is 15.9 Å². The van der Waals surface area contributed by atoms with Crippen LogP contribution in [0.4, 0.5) is 14.9 Å². The van der Waals surface area contributed by atoms with E-state index < -0.39 is 5.82 Å². The summed E-state index contributed by atoms with van der Waals surface area (Å²) in [6.07, 6.45) is 2.71. The number of urea groups is 1. The molecule has 0 atom stereocenters. The number of amides is 2. The second-order valence-corrected chi connectivity index (χ2v) is 6.43. The van der Waals surface area contributed by atoms with Crippen LogP contribution in [0.25, 0.3) is 0 Å².